The third-order valence-corrected chi connectivity index (χ3v) is 4.18. The minimum absolute atomic E-state index is 0.00973. The number of carbonyl (C=O) groups is 2. The summed E-state index contributed by atoms with van der Waals surface area (Å²) in [5, 5.41) is 0. The molecule has 3 nitrogen and oxygen atoms in total. The average Bonchev–Trinajstić information content (AvgIpc) is 3.44. The molecular formula is C20H14O3. The smallest absolute Gasteiger partial charge is 0.189 e. The minimum Gasteiger partial charge on any atom is -0.497 e. The Morgan fingerprint density at radius 2 is 1.78 bits per heavy atom. The standard InChI is InChI=1S/C20H14O3/c1-11(21)16-5-6-17(19-10-18(16)19)13-7-14(9-15(8-13)23-2)20(22)12-3-4-12/h3-10H,1-2H3. The number of hydrogen-bond donors (Lipinski definition) is 0. The molecule has 112 valence electrons. The largest absolute Gasteiger partial charge is 0.497 e. The minimum atomic E-state index is 0.00973. The van der Waals surface area contributed by atoms with Gasteiger partial charge in [0.2, 0.25) is 0 Å². The highest BCUT2D eigenvalue weighted by Gasteiger charge is 2.36. The van der Waals surface area contributed by atoms with Gasteiger partial charge in [-0.15, -0.1) is 0 Å². The van der Waals surface area contributed by atoms with Crippen molar-refractivity contribution in [1.29, 1.82) is 0 Å². The lowest BCUT2D eigenvalue weighted by molar-refractivity contribution is -0.113. The lowest BCUT2D eigenvalue weighted by Crippen LogP contribution is -2.04. The van der Waals surface area contributed by atoms with Crippen LogP contribution in [0.5, 0.6) is 5.75 Å². The molecule has 0 atom stereocenters. The second-order valence-corrected chi connectivity index (χ2v) is 5.76. The highest BCUT2D eigenvalue weighted by atomic mass is 16.5. The summed E-state index contributed by atoms with van der Waals surface area (Å²) in [7, 11) is 1.59. The number of Topliss-reactive ketones (excluding diaryl/α,β-unsaturated/α-hetero) is 2. The number of methoxy groups -OCH3 is 1. The number of hydrogen-bond acceptors (Lipinski definition) is 3. The Hall–Kier alpha value is -2.68. The zero-order valence-electron chi connectivity index (χ0n) is 12.8. The van der Waals surface area contributed by atoms with E-state index in [0.717, 1.165) is 33.8 Å². The maximum atomic E-state index is 12.3. The maximum absolute atomic E-state index is 12.3. The molecule has 0 unspecified atom stereocenters. The lowest BCUT2D eigenvalue weighted by Gasteiger charge is -2.14. The van der Waals surface area contributed by atoms with E-state index in [1.165, 1.54) is 0 Å². The highest BCUT2D eigenvalue weighted by molar-refractivity contribution is 6.15. The Morgan fingerprint density at radius 1 is 1.00 bits per heavy atom. The Kier molecular flexibility index (Phi) is 2.98. The Morgan fingerprint density at radius 3 is 2.43 bits per heavy atom. The summed E-state index contributed by atoms with van der Waals surface area (Å²) in [5.74, 6) is 1.80. The van der Waals surface area contributed by atoms with Gasteiger partial charge in [0.25, 0.3) is 0 Å². The molecule has 23 heavy (non-hydrogen) atoms. The average molecular weight is 302 g/mol. The first-order valence-electron chi connectivity index (χ1n) is 7.40. The molecule has 0 amide bonds. The van der Waals surface area contributed by atoms with Crippen LogP contribution in [0.25, 0.3) is 5.57 Å². The monoisotopic (exact) mass is 302 g/mol. The zero-order chi connectivity index (χ0) is 16.1. The first-order chi connectivity index (χ1) is 11.1. The van der Waals surface area contributed by atoms with Gasteiger partial charge in [0.05, 0.1) is 13.0 Å². The summed E-state index contributed by atoms with van der Waals surface area (Å²) in [6.45, 7) is 1.57. The van der Waals surface area contributed by atoms with Gasteiger partial charge in [-0.3, -0.25) is 9.59 Å². The molecule has 2 radical (unpaired) electrons. The van der Waals surface area contributed by atoms with Crippen LogP contribution in [0.4, 0.5) is 0 Å². The fourth-order valence-electron chi connectivity index (χ4n) is 2.82. The predicted octanol–water partition coefficient (Wildman–Crippen LogP) is 3.45. The first kappa shape index (κ1) is 13.9. The maximum Gasteiger partial charge on any atom is 0.189 e. The van der Waals surface area contributed by atoms with E-state index in [1.54, 1.807) is 32.6 Å². The molecule has 0 aromatic heterocycles. The summed E-state index contributed by atoms with van der Waals surface area (Å²) in [6.07, 6.45) is 9.39. The summed E-state index contributed by atoms with van der Waals surface area (Å²) in [4.78, 5) is 23.9. The van der Waals surface area contributed by atoms with E-state index in [4.69, 9.17) is 4.74 Å². The topological polar surface area (TPSA) is 43.4 Å². The second kappa shape index (κ2) is 4.92. The summed E-state index contributed by atoms with van der Waals surface area (Å²) in [6, 6.07) is 5.55. The van der Waals surface area contributed by atoms with Gasteiger partial charge in [0.15, 0.2) is 11.6 Å². The number of benzene rings is 1. The van der Waals surface area contributed by atoms with E-state index in [2.05, 4.69) is 0 Å². The summed E-state index contributed by atoms with van der Waals surface area (Å²) < 4.78 is 5.34. The van der Waals surface area contributed by atoms with Crippen LogP contribution in [-0.4, -0.2) is 18.7 Å². The zero-order valence-corrected chi connectivity index (χ0v) is 12.8. The van der Waals surface area contributed by atoms with Gasteiger partial charge < -0.3 is 4.74 Å². The molecule has 0 saturated heterocycles. The quantitative estimate of drug-likeness (QED) is 0.782. The normalized spacial score (nSPS) is 18.2. The van der Waals surface area contributed by atoms with Crippen molar-refractivity contribution in [1.82, 2.24) is 0 Å². The lowest BCUT2D eigenvalue weighted by atomic mass is 9.89. The van der Waals surface area contributed by atoms with Crippen molar-refractivity contribution in [2.24, 2.45) is 0 Å². The number of carbonyl (C=O) groups excluding carboxylic acids is 2. The molecule has 0 aliphatic heterocycles. The van der Waals surface area contributed by atoms with Gasteiger partial charge in [-0.05, 0) is 41.8 Å². The number of allylic oxidation sites excluding steroid dienone is 8. The van der Waals surface area contributed by atoms with Crippen LogP contribution in [0.3, 0.4) is 0 Å². The van der Waals surface area contributed by atoms with Crippen molar-refractivity contribution in [2.75, 3.05) is 7.11 Å². The number of fused-ring (bicyclic) bond motifs is 1. The molecule has 0 bridgehead atoms. The van der Waals surface area contributed by atoms with Crippen LogP contribution < -0.4 is 4.74 Å². The second-order valence-electron chi connectivity index (χ2n) is 5.76. The molecule has 3 aliphatic rings. The highest BCUT2D eigenvalue weighted by Crippen LogP contribution is 2.50. The Labute approximate surface area is 134 Å². The van der Waals surface area contributed by atoms with E-state index < -0.39 is 0 Å². The third kappa shape index (κ3) is 2.38. The van der Waals surface area contributed by atoms with E-state index in [9.17, 15) is 9.59 Å². The molecular weight excluding hydrogens is 288 g/mol. The van der Waals surface area contributed by atoms with E-state index in [1.807, 2.05) is 30.4 Å². The van der Waals surface area contributed by atoms with Crippen LogP contribution in [0, 0.1) is 12.3 Å². The first-order valence-corrected chi connectivity index (χ1v) is 7.40. The molecule has 4 rings (SSSR count). The van der Waals surface area contributed by atoms with Crippen molar-refractivity contribution >= 4 is 17.1 Å². The third-order valence-electron chi connectivity index (χ3n) is 4.18. The van der Waals surface area contributed by atoms with Crippen molar-refractivity contribution in [3.05, 3.63) is 82.7 Å². The Bertz CT molecular complexity index is 878. The van der Waals surface area contributed by atoms with Crippen molar-refractivity contribution < 1.29 is 14.3 Å². The molecule has 1 aromatic carbocycles. The Balaban J connectivity index is 1.75. The van der Waals surface area contributed by atoms with Crippen molar-refractivity contribution in [3.8, 4) is 5.75 Å². The van der Waals surface area contributed by atoms with Gasteiger partial charge in [0.1, 0.15) is 5.75 Å². The van der Waals surface area contributed by atoms with E-state index in [0.29, 0.717) is 11.3 Å². The number of ether oxygens (including phenoxy) is 1. The fourth-order valence-corrected chi connectivity index (χ4v) is 2.82. The van der Waals surface area contributed by atoms with E-state index in [-0.39, 0.29) is 11.6 Å². The SMILES string of the molecule is COc1cc(C(=O)C2=C[CH]2)cc(C2=CC=C(C(C)=O)C3=C[C]32)c1. The molecule has 0 fully saturated rings. The molecule has 3 aliphatic carbocycles. The molecule has 0 heterocycles. The van der Waals surface area contributed by atoms with Crippen LogP contribution >= 0.6 is 0 Å². The van der Waals surface area contributed by atoms with Crippen molar-refractivity contribution in [2.45, 2.75) is 6.92 Å². The molecule has 0 saturated carbocycles. The molecule has 0 N–H and O–H groups in total. The summed E-state index contributed by atoms with van der Waals surface area (Å²) >= 11 is 0. The van der Waals surface area contributed by atoms with Gasteiger partial charge in [-0.1, -0.05) is 24.3 Å². The van der Waals surface area contributed by atoms with Gasteiger partial charge >= 0.3 is 0 Å². The van der Waals surface area contributed by atoms with Gasteiger partial charge in [-0.2, -0.15) is 0 Å². The number of rotatable bonds is 5. The van der Waals surface area contributed by atoms with Gasteiger partial charge in [-0.25, -0.2) is 0 Å². The van der Waals surface area contributed by atoms with Crippen LogP contribution in [0.2, 0.25) is 0 Å². The van der Waals surface area contributed by atoms with E-state index >= 15 is 0 Å². The van der Waals surface area contributed by atoms with Crippen LogP contribution in [0.15, 0.2) is 59.2 Å². The molecule has 0 spiro atoms. The van der Waals surface area contributed by atoms with Crippen LogP contribution in [-0.2, 0) is 4.79 Å². The molecule has 3 heteroatoms. The van der Waals surface area contributed by atoms with Gasteiger partial charge in [0, 0.05) is 23.1 Å². The fraction of sp³-hybridized carbons (Fsp3) is 0.100. The predicted molar refractivity (Wildman–Crippen MR) is 87.8 cm³/mol. The molecule has 1 aromatic rings. The summed E-state index contributed by atoms with van der Waals surface area (Å²) in [5.41, 5.74) is 5.05. The van der Waals surface area contributed by atoms with Crippen molar-refractivity contribution in [3.63, 3.8) is 0 Å². The van der Waals surface area contributed by atoms with Crippen LogP contribution in [0.1, 0.15) is 22.8 Å². The number of ketones is 2.